The summed E-state index contributed by atoms with van der Waals surface area (Å²) in [6.07, 6.45) is 4.08. The van der Waals surface area contributed by atoms with Crippen molar-refractivity contribution in [1.29, 1.82) is 0 Å². The van der Waals surface area contributed by atoms with Gasteiger partial charge in [0.1, 0.15) is 0 Å². The van der Waals surface area contributed by atoms with Crippen LogP contribution in [0.3, 0.4) is 0 Å². The number of hydrogen-bond donors (Lipinski definition) is 1. The predicted octanol–water partition coefficient (Wildman–Crippen LogP) is 2.08. The van der Waals surface area contributed by atoms with Crippen molar-refractivity contribution in [2.45, 2.75) is 32.6 Å². The van der Waals surface area contributed by atoms with Crippen LogP contribution in [0.1, 0.15) is 32.6 Å². The Labute approximate surface area is 76.9 Å². The number of rotatable bonds is 6. The van der Waals surface area contributed by atoms with E-state index in [4.69, 9.17) is 0 Å². The van der Waals surface area contributed by atoms with Crippen LogP contribution in [0.25, 0.3) is 0 Å². The van der Waals surface area contributed by atoms with Gasteiger partial charge in [0.25, 0.3) is 0 Å². The number of hydrogen-bond acceptors (Lipinski definition) is 1. The first-order valence-electron chi connectivity index (χ1n) is 4.14. The van der Waals surface area contributed by atoms with Gasteiger partial charge in [-0.1, -0.05) is 29.3 Å². The minimum absolute atomic E-state index is 0.156. The lowest BCUT2D eigenvalue weighted by atomic mass is 10.2. The molecule has 0 atom stereocenters. The molecule has 0 heterocycles. The molecular weight excluding hydrogens is 206 g/mol. The molecule has 0 unspecified atom stereocenters. The highest BCUT2D eigenvalue weighted by Gasteiger charge is 1.93. The van der Waals surface area contributed by atoms with Gasteiger partial charge in [0, 0.05) is 18.3 Å². The summed E-state index contributed by atoms with van der Waals surface area (Å²) in [5, 5.41) is 3.90. The fourth-order valence-electron chi connectivity index (χ4n) is 0.749. The van der Waals surface area contributed by atoms with E-state index in [-0.39, 0.29) is 5.91 Å². The second-order valence-electron chi connectivity index (χ2n) is 2.45. The fraction of sp³-hybridized carbons (Fsp3) is 0.875. The molecule has 0 aromatic rings. The Bertz CT molecular complexity index is 106. The van der Waals surface area contributed by atoms with E-state index in [9.17, 15) is 4.79 Å². The molecule has 2 nitrogen and oxygen atoms in total. The Morgan fingerprint density at radius 3 is 2.64 bits per heavy atom. The summed E-state index contributed by atoms with van der Waals surface area (Å²) in [4.78, 5) is 10.7. The molecule has 0 spiro atoms. The van der Waals surface area contributed by atoms with Crippen LogP contribution >= 0.6 is 15.9 Å². The summed E-state index contributed by atoms with van der Waals surface area (Å²) in [6, 6.07) is 0. The summed E-state index contributed by atoms with van der Waals surface area (Å²) in [5.74, 6) is 0.156. The smallest absolute Gasteiger partial charge is 0.219 e. The van der Waals surface area contributed by atoms with Crippen LogP contribution < -0.4 is 5.32 Å². The lowest BCUT2D eigenvalue weighted by Crippen LogP contribution is -2.23. The zero-order chi connectivity index (χ0) is 8.53. The van der Waals surface area contributed by atoms with Crippen molar-refractivity contribution in [2.75, 3.05) is 11.9 Å². The van der Waals surface area contributed by atoms with E-state index in [0.717, 1.165) is 18.3 Å². The molecule has 0 fully saturated rings. The molecule has 0 radical (unpaired) electrons. The average Bonchev–Trinajstić information content (AvgIpc) is 2.04. The lowest BCUT2D eigenvalue weighted by Gasteiger charge is -2.01. The number of nitrogens with one attached hydrogen (secondary N) is 1. The summed E-state index contributed by atoms with van der Waals surface area (Å²) < 4.78 is 0. The molecule has 0 rings (SSSR count). The van der Waals surface area contributed by atoms with Gasteiger partial charge in [-0.3, -0.25) is 4.79 Å². The van der Waals surface area contributed by atoms with E-state index in [1.54, 1.807) is 0 Å². The number of halogens is 1. The topological polar surface area (TPSA) is 29.1 Å². The normalized spacial score (nSPS) is 9.64. The molecule has 1 amide bonds. The number of carbonyl (C=O) groups is 1. The minimum Gasteiger partial charge on any atom is -0.356 e. The van der Waals surface area contributed by atoms with Crippen molar-refractivity contribution < 1.29 is 4.79 Å². The largest absolute Gasteiger partial charge is 0.356 e. The summed E-state index contributed by atoms with van der Waals surface area (Å²) >= 11 is 3.36. The fourth-order valence-corrected chi connectivity index (χ4v) is 1.15. The molecule has 3 heteroatoms. The minimum atomic E-state index is 0.156. The molecule has 1 N–H and O–H groups in total. The van der Waals surface area contributed by atoms with Crippen LogP contribution in [0, 0.1) is 0 Å². The Kier molecular flexibility index (Phi) is 8.01. The molecule has 0 aliphatic rings. The average molecular weight is 222 g/mol. The molecule has 0 aliphatic heterocycles. The third-order valence-corrected chi connectivity index (χ3v) is 2.01. The molecular formula is C8H16BrNO. The standard InChI is InChI=1S/C8H16BrNO/c1-2-8(11)10-7-5-3-4-6-9/h2-7H2,1H3,(H,10,11). The predicted molar refractivity (Wildman–Crippen MR) is 50.9 cm³/mol. The molecule has 0 aromatic heterocycles. The van der Waals surface area contributed by atoms with Crippen molar-refractivity contribution in [3.8, 4) is 0 Å². The first kappa shape index (κ1) is 11.0. The van der Waals surface area contributed by atoms with Crippen LogP contribution in [-0.4, -0.2) is 17.8 Å². The first-order valence-corrected chi connectivity index (χ1v) is 5.26. The van der Waals surface area contributed by atoms with Crippen molar-refractivity contribution in [3.63, 3.8) is 0 Å². The maximum absolute atomic E-state index is 10.7. The molecule has 0 bridgehead atoms. The summed E-state index contributed by atoms with van der Waals surface area (Å²) in [5.41, 5.74) is 0. The van der Waals surface area contributed by atoms with E-state index in [1.807, 2.05) is 6.92 Å². The van der Waals surface area contributed by atoms with Crippen LogP contribution in [0.5, 0.6) is 0 Å². The van der Waals surface area contributed by atoms with Crippen LogP contribution in [0.2, 0.25) is 0 Å². The Morgan fingerprint density at radius 2 is 2.09 bits per heavy atom. The van der Waals surface area contributed by atoms with Gasteiger partial charge in [-0.2, -0.15) is 0 Å². The van der Waals surface area contributed by atoms with E-state index < -0.39 is 0 Å². The van der Waals surface area contributed by atoms with Gasteiger partial charge < -0.3 is 5.32 Å². The quantitative estimate of drug-likeness (QED) is 0.541. The molecule has 0 saturated heterocycles. The second kappa shape index (κ2) is 8.05. The van der Waals surface area contributed by atoms with Crippen molar-refractivity contribution in [3.05, 3.63) is 0 Å². The highest BCUT2D eigenvalue weighted by molar-refractivity contribution is 9.09. The summed E-state index contributed by atoms with van der Waals surface area (Å²) in [7, 11) is 0. The molecule has 66 valence electrons. The van der Waals surface area contributed by atoms with Gasteiger partial charge in [-0.15, -0.1) is 0 Å². The van der Waals surface area contributed by atoms with Crippen LogP contribution in [-0.2, 0) is 4.79 Å². The van der Waals surface area contributed by atoms with Gasteiger partial charge in [-0.05, 0) is 12.8 Å². The highest BCUT2D eigenvalue weighted by atomic mass is 79.9. The second-order valence-corrected chi connectivity index (χ2v) is 3.25. The number of carbonyl (C=O) groups excluding carboxylic acids is 1. The van der Waals surface area contributed by atoms with Crippen molar-refractivity contribution in [1.82, 2.24) is 5.32 Å². The molecule has 0 aliphatic carbocycles. The maximum Gasteiger partial charge on any atom is 0.219 e. The summed E-state index contributed by atoms with van der Waals surface area (Å²) in [6.45, 7) is 2.70. The zero-order valence-corrected chi connectivity index (χ0v) is 8.61. The molecule has 0 aromatic carbocycles. The Hall–Kier alpha value is -0.0500. The zero-order valence-electron chi connectivity index (χ0n) is 7.03. The molecule has 0 saturated carbocycles. The third kappa shape index (κ3) is 7.85. The van der Waals surface area contributed by atoms with Crippen LogP contribution in [0.15, 0.2) is 0 Å². The maximum atomic E-state index is 10.7. The monoisotopic (exact) mass is 221 g/mol. The number of alkyl halides is 1. The van der Waals surface area contributed by atoms with E-state index in [2.05, 4.69) is 21.2 Å². The number of amides is 1. The van der Waals surface area contributed by atoms with E-state index in [0.29, 0.717) is 6.42 Å². The van der Waals surface area contributed by atoms with Crippen LogP contribution in [0.4, 0.5) is 0 Å². The van der Waals surface area contributed by atoms with Gasteiger partial charge in [0.15, 0.2) is 0 Å². The number of unbranched alkanes of at least 4 members (excludes halogenated alkanes) is 2. The Morgan fingerprint density at radius 1 is 1.36 bits per heavy atom. The molecule has 11 heavy (non-hydrogen) atoms. The van der Waals surface area contributed by atoms with Gasteiger partial charge in [0.05, 0.1) is 0 Å². The first-order chi connectivity index (χ1) is 5.31. The van der Waals surface area contributed by atoms with Crippen molar-refractivity contribution in [2.24, 2.45) is 0 Å². The third-order valence-electron chi connectivity index (χ3n) is 1.45. The van der Waals surface area contributed by atoms with E-state index >= 15 is 0 Å². The van der Waals surface area contributed by atoms with Crippen molar-refractivity contribution >= 4 is 21.8 Å². The van der Waals surface area contributed by atoms with Gasteiger partial charge in [-0.25, -0.2) is 0 Å². The van der Waals surface area contributed by atoms with E-state index in [1.165, 1.54) is 12.8 Å². The Balaban J connectivity index is 2.95. The van der Waals surface area contributed by atoms with Gasteiger partial charge >= 0.3 is 0 Å². The van der Waals surface area contributed by atoms with Gasteiger partial charge in [0.2, 0.25) is 5.91 Å². The highest BCUT2D eigenvalue weighted by Crippen LogP contribution is 1.96. The lowest BCUT2D eigenvalue weighted by molar-refractivity contribution is -0.120. The SMILES string of the molecule is CCC(=O)NCCCCCBr.